The van der Waals surface area contributed by atoms with Crippen molar-refractivity contribution in [2.75, 3.05) is 0 Å². The van der Waals surface area contributed by atoms with Gasteiger partial charge in [-0.3, -0.25) is 0 Å². The summed E-state index contributed by atoms with van der Waals surface area (Å²) in [5.74, 6) is 0.229. The lowest BCUT2D eigenvalue weighted by Gasteiger charge is -2.14. The first-order valence-corrected chi connectivity index (χ1v) is 7.38. The lowest BCUT2D eigenvalue weighted by Crippen LogP contribution is -2.11. The first kappa shape index (κ1) is 14.2. The lowest BCUT2D eigenvalue weighted by molar-refractivity contribution is 0.474. The number of nitrogens with one attached hydrogen (secondary N) is 1. The molecule has 1 aliphatic rings. The highest BCUT2D eigenvalue weighted by Gasteiger charge is 2.26. The van der Waals surface area contributed by atoms with Gasteiger partial charge in [-0.2, -0.15) is 5.10 Å². The van der Waals surface area contributed by atoms with Crippen LogP contribution in [0, 0.1) is 6.92 Å². The Morgan fingerprint density at radius 2 is 1.90 bits per heavy atom. The Hall–Kier alpha value is -1.71. The third kappa shape index (κ3) is 2.71. The number of phenols is 1. The molecule has 0 unspecified atom stereocenters. The number of halogens is 2. The predicted molar refractivity (Wildman–Crippen MR) is 86.3 cm³/mol. The monoisotopic (exact) mass is 320 g/mol. The second-order valence-corrected chi connectivity index (χ2v) is 5.91. The minimum Gasteiger partial charge on any atom is -0.507 e. The van der Waals surface area contributed by atoms with Crippen molar-refractivity contribution in [3.63, 3.8) is 0 Å². The second kappa shape index (κ2) is 5.58. The normalized spacial score (nSPS) is 17.5. The van der Waals surface area contributed by atoms with Crippen molar-refractivity contribution >= 4 is 28.9 Å². The molecule has 3 nitrogen and oxygen atoms in total. The highest BCUT2D eigenvalue weighted by atomic mass is 35.5. The smallest absolute Gasteiger partial charge is 0.124 e. The molecule has 2 aromatic rings. The Labute approximate surface area is 133 Å². The van der Waals surface area contributed by atoms with Gasteiger partial charge >= 0.3 is 0 Å². The van der Waals surface area contributed by atoms with Crippen LogP contribution in [0.2, 0.25) is 10.0 Å². The van der Waals surface area contributed by atoms with Crippen LogP contribution in [0.5, 0.6) is 5.75 Å². The summed E-state index contributed by atoms with van der Waals surface area (Å²) in [6.45, 7) is 1.98. The zero-order valence-electron chi connectivity index (χ0n) is 11.4. The molecule has 0 aromatic heterocycles. The molecule has 3 rings (SSSR count). The van der Waals surface area contributed by atoms with E-state index >= 15 is 0 Å². The van der Waals surface area contributed by atoms with Gasteiger partial charge in [0.05, 0.1) is 11.8 Å². The Morgan fingerprint density at radius 1 is 1.19 bits per heavy atom. The molecular weight excluding hydrogens is 307 g/mol. The second-order valence-electron chi connectivity index (χ2n) is 5.10. The summed E-state index contributed by atoms with van der Waals surface area (Å²) in [6, 6.07) is 10.8. The van der Waals surface area contributed by atoms with Gasteiger partial charge in [-0.15, -0.1) is 0 Å². The maximum Gasteiger partial charge on any atom is 0.124 e. The maximum absolute atomic E-state index is 10.0. The number of aryl methyl sites for hydroxylation is 1. The van der Waals surface area contributed by atoms with Crippen LogP contribution in [0.1, 0.15) is 29.2 Å². The third-order valence-electron chi connectivity index (χ3n) is 3.56. The van der Waals surface area contributed by atoms with E-state index in [0.29, 0.717) is 16.5 Å². The number of hydrogen-bond acceptors (Lipinski definition) is 3. The summed E-state index contributed by atoms with van der Waals surface area (Å²) in [7, 11) is 0. The molecule has 108 valence electrons. The highest BCUT2D eigenvalue weighted by molar-refractivity contribution is 6.36. The molecule has 0 amide bonds. The molecule has 1 heterocycles. The average Bonchev–Trinajstić information content (AvgIpc) is 2.90. The van der Waals surface area contributed by atoms with Gasteiger partial charge in [0.1, 0.15) is 5.75 Å². The summed E-state index contributed by atoms with van der Waals surface area (Å²) >= 11 is 12.5. The molecule has 0 spiro atoms. The van der Waals surface area contributed by atoms with Crippen LogP contribution in [-0.4, -0.2) is 10.8 Å². The van der Waals surface area contributed by atoms with Crippen LogP contribution in [0.25, 0.3) is 0 Å². The molecule has 1 aliphatic heterocycles. The molecule has 5 heteroatoms. The number of nitrogens with zero attached hydrogens (tertiary/aromatic N) is 1. The topological polar surface area (TPSA) is 44.6 Å². The van der Waals surface area contributed by atoms with Gasteiger partial charge in [-0.25, -0.2) is 0 Å². The fourth-order valence-corrected chi connectivity index (χ4v) is 3.16. The summed E-state index contributed by atoms with van der Waals surface area (Å²) in [5, 5.41) is 15.6. The van der Waals surface area contributed by atoms with Gasteiger partial charge in [0, 0.05) is 27.6 Å². The van der Waals surface area contributed by atoms with Crippen LogP contribution in [0.15, 0.2) is 41.5 Å². The Bertz CT molecular complexity index is 708. The Balaban J connectivity index is 1.90. The van der Waals surface area contributed by atoms with E-state index in [0.717, 1.165) is 22.4 Å². The van der Waals surface area contributed by atoms with E-state index < -0.39 is 0 Å². The highest BCUT2D eigenvalue weighted by Crippen LogP contribution is 2.35. The van der Waals surface area contributed by atoms with Crippen molar-refractivity contribution in [3.05, 3.63) is 63.1 Å². The van der Waals surface area contributed by atoms with Gasteiger partial charge < -0.3 is 10.5 Å². The van der Waals surface area contributed by atoms with Crippen LogP contribution < -0.4 is 5.43 Å². The molecule has 21 heavy (non-hydrogen) atoms. The van der Waals surface area contributed by atoms with Crippen LogP contribution >= 0.6 is 23.2 Å². The molecule has 2 N–H and O–H groups in total. The van der Waals surface area contributed by atoms with E-state index in [1.165, 1.54) is 0 Å². The lowest BCUT2D eigenvalue weighted by atomic mass is 9.97. The predicted octanol–water partition coefficient (Wildman–Crippen LogP) is 4.45. The first-order chi connectivity index (χ1) is 10.1. The molecule has 2 aromatic carbocycles. The summed E-state index contributed by atoms with van der Waals surface area (Å²) in [4.78, 5) is 0. The van der Waals surface area contributed by atoms with Crippen molar-refractivity contribution < 1.29 is 5.11 Å². The van der Waals surface area contributed by atoms with E-state index in [9.17, 15) is 5.11 Å². The molecule has 0 aliphatic carbocycles. The number of aromatic hydroxyl groups is 1. The van der Waals surface area contributed by atoms with Crippen molar-refractivity contribution in [2.45, 2.75) is 19.4 Å². The molecule has 0 saturated heterocycles. The number of hydrazone groups is 1. The third-order valence-corrected chi connectivity index (χ3v) is 4.22. The summed E-state index contributed by atoms with van der Waals surface area (Å²) in [5.41, 5.74) is 6.52. The fourth-order valence-electron chi connectivity index (χ4n) is 2.50. The standard InChI is InChI=1S/C16H14Cl2N2O/c1-9-5-6-15(21)10(7-9)13-8-14(20-19-13)16-11(17)3-2-4-12(16)18/h2-7,14,20-21H,8H2,1H3/t14-/m0/s1. The quantitative estimate of drug-likeness (QED) is 0.858. The van der Waals surface area contributed by atoms with Gasteiger partial charge in [0.25, 0.3) is 0 Å². The van der Waals surface area contributed by atoms with Crippen LogP contribution in [-0.2, 0) is 0 Å². The number of rotatable bonds is 2. The first-order valence-electron chi connectivity index (χ1n) is 6.62. The zero-order chi connectivity index (χ0) is 15.0. The Kier molecular flexibility index (Phi) is 3.79. The largest absolute Gasteiger partial charge is 0.507 e. The molecule has 0 fully saturated rings. The van der Waals surface area contributed by atoms with Gasteiger partial charge in [-0.05, 0) is 31.2 Å². The fraction of sp³-hybridized carbons (Fsp3) is 0.188. The SMILES string of the molecule is Cc1ccc(O)c(C2=NN[C@H](c3c(Cl)cccc3Cl)C2)c1. The van der Waals surface area contributed by atoms with Crippen molar-refractivity contribution in [1.82, 2.24) is 5.43 Å². The average molecular weight is 321 g/mol. The molecule has 0 radical (unpaired) electrons. The number of phenolic OH excluding ortho intramolecular Hbond substituents is 1. The van der Waals surface area contributed by atoms with Gasteiger partial charge in [-0.1, -0.05) is 40.9 Å². The minimum atomic E-state index is -0.0823. The number of benzene rings is 2. The van der Waals surface area contributed by atoms with Gasteiger partial charge in [0.15, 0.2) is 0 Å². The minimum absolute atomic E-state index is 0.0823. The molecule has 0 bridgehead atoms. The van der Waals surface area contributed by atoms with Crippen molar-refractivity contribution in [2.24, 2.45) is 5.10 Å². The number of hydrogen-bond donors (Lipinski definition) is 2. The summed E-state index contributed by atoms with van der Waals surface area (Å²) in [6.07, 6.45) is 0.625. The molecular formula is C16H14Cl2N2O. The van der Waals surface area contributed by atoms with Crippen LogP contribution in [0.4, 0.5) is 0 Å². The maximum atomic E-state index is 10.0. The Morgan fingerprint density at radius 3 is 2.62 bits per heavy atom. The van der Waals surface area contributed by atoms with Gasteiger partial charge in [0.2, 0.25) is 0 Å². The zero-order valence-corrected chi connectivity index (χ0v) is 12.9. The van der Waals surface area contributed by atoms with E-state index in [2.05, 4.69) is 10.5 Å². The van der Waals surface area contributed by atoms with E-state index in [-0.39, 0.29) is 11.8 Å². The summed E-state index contributed by atoms with van der Waals surface area (Å²) < 4.78 is 0. The van der Waals surface area contributed by atoms with Crippen molar-refractivity contribution in [1.29, 1.82) is 0 Å². The molecule has 1 atom stereocenters. The van der Waals surface area contributed by atoms with E-state index in [1.54, 1.807) is 6.07 Å². The van der Waals surface area contributed by atoms with E-state index in [4.69, 9.17) is 23.2 Å². The molecule has 0 saturated carbocycles. The van der Waals surface area contributed by atoms with E-state index in [1.807, 2.05) is 37.3 Å². The van der Waals surface area contributed by atoms with Crippen molar-refractivity contribution in [3.8, 4) is 5.75 Å². The van der Waals surface area contributed by atoms with Crippen LogP contribution in [0.3, 0.4) is 0 Å².